The highest BCUT2D eigenvalue weighted by atomic mass is 127. The number of nitrogens with one attached hydrogen (secondary N) is 1. The van der Waals surface area contributed by atoms with Crippen LogP contribution in [0.1, 0.15) is 23.2 Å². The van der Waals surface area contributed by atoms with Crippen LogP contribution in [0.2, 0.25) is 0 Å². The number of benzene rings is 1. The number of hydrogen-bond donors (Lipinski definition) is 1. The first-order valence-electron chi connectivity index (χ1n) is 5.98. The minimum absolute atomic E-state index is 0.00589. The van der Waals surface area contributed by atoms with E-state index in [0.29, 0.717) is 5.56 Å². The first-order chi connectivity index (χ1) is 8.66. The van der Waals surface area contributed by atoms with Gasteiger partial charge in [0.25, 0.3) is 5.91 Å². The maximum atomic E-state index is 11.8. The number of carbonyl (C=O) groups excluding carboxylic acids is 2. The number of rotatable bonds is 3. The molecule has 18 heavy (non-hydrogen) atoms. The molecule has 0 aliphatic carbocycles. The molecule has 1 heterocycles. The van der Waals surface area contributed by atoms with Crippen LogP contribution in [0.25, 0.3) is 0 Å². The molecule has 1 fully saturated rings. The van der Waals surface area contributed by atoms with Crippen LogP contribution < -0.4 is 5.32 Å². The van der Waals surface area contributed by atoms with E-state index in [9.17, 15) is 9.59 Å². The van der Waals surface area contributed by atoms with E-state index in [1.54, 1.807) is 17.0 Å². The molecule has 1 aliphatic heterocycles. The van der Waals surface area contributed by atoms with Crippen molar-refractivity contribution in [3.8, 4) is 0 Å². The van der Waals surface area contributed by atoms with E-state index < -0.39 is 0 Å². The number of hydrogen-bond acceptors (Lipinski definition) is 2. The highest BCUT2D eigenvalue weighted by Gasteiger charge is 2.18. The van der Waals surface area contributed by atoms with Gasteiger partial charge in [-0.25, -0.2) is 0 Å². The summed E-state index contributed by atoms with van der Waals surface area (Å²) >= 11 is 2.18. The molecular formula is C13H15IN2O2. The van der Waals surface area contributed by atoms with Crippen molar-refractivity contribution in [1.82, 2.24) is 10.2 Å². The molecule has 4 nitrogen and oxygen atoms in total. The SMILES string of the molecule is O=C(NCC(=O)N1CCCC1)c1ccc(I)cc1. The molecule has 0 spiro atoms. The van der Waals surface area contributed by atoms with Gasteiger partial charge in [-0.3, -0.25) is 9.59 Å². The van der Waals surface area contributed by atoms with Gasteiger partial charge in [0.05, 0.1) is 6.54 Å². The van der Waals surface area contributed by atoms with Crippen LogP contribution >= 0.6 is 22.6 Å². The zero-order valence-electron chi connectivity index (χ0n) is 9.99. The average molecular weight is 358 g/mol. The number of amides is 2. The third kappa shape index (κ3) is 3.44. The lowest BCUT2D eigenvalue weighted by atomic mass is 10.2. The summed E-state index contributed by atoms with van der Waals surface area (Å²) < 4.78 is 1.08. The second-order valence-electron chi connectivity index (χ2n) is 4.28. The zero-order chi connectivity index (χ0) is 13.0. The van der Waals surface area contributed by atoms with Crippen molar-refractivity contribution in [2.24, 2.45) is 0 Å². The number of likely N-dealkylation sites (tertiary alicyclic amines) is 1. The highest BCUT2D eigenvalue weighted by molar-refractivity contribution is 14.1. The van der Waals surface area contributed by atoms with Crippen molar-refractivity contribution >= 4 is 34.4 Å². The summed E-state index contributed by atoms with van der Waals surface area (Å²) in [6.07, 6.45) is 2.13. The summed E-state index contributed by atoms with van der Waals surface area (Å²) in [4.78, 5) is 25.3. The van der Waals surface area contributed by atoms with Gasteiger partial charge >= 0.3 is 0 Å². The van der Waals surface area contributed by atoms with Crippen molar-refractivity contribution in [1.29, 1.82) is 0 Å². The van der Waals surface area contributed by atoms with Gasteiger partial charge in [-0.1, -0.05) is 0 Å². The quantitative estimate of drug-likeness (QED) is 0.836. The van der Waals surface area contributed by atoms with Crippen LogP contribution in [0.3, 0.4) is 0 Å². The summed E-state index contributed by atoms with van der Waals surface area (Å²) in [5.74, 6) is -0.190. The largest absolute Gasteiger partial charge is 0.343 e. The van der Waals surface area contributed by atoms with Crippen LogP contribution in [0.4, 0.5) is 0 Å². The molecule has 1 saturated heterocycles. The van der Waals surface area contributed by atoms with E-state index in [1.165, 1.54) is 0 Å². The molecule has 0 atom stereocenters. The Morgan fingerprint density at radius 2 is 1.78 bits per heavy atom. The molecule has 0 saturated carbocycles. The third-order valence-corrected chi connectivity index (χ3v) is 3.68. The molecule has 0 unspecified atom stereocenters. The molecule has 1 aliphatic rings. The Morgan fingerprint density at radius 3 is 2.39 bits per heavy atom. The second kappa shape index (κ2) is 6.17. The first kappa shape index (κ1) is 13.3. The van der Waals surface area contributed by atoms with Crippen LogP contribution in [0.15, 0.2) is 24.3 Å². The maximum Gasteiger partial charge on any atom is 0.251 e. The van der Waals surface area contributed by atoms with Gasteiger partial charge in [-0.15, -0.1) is 0 Å². The Hall–Kier alpha value is -1.11. The van der Waals surface area contributed by atoms with Gasteiger partial charge in [-0.2, -0.15) is 0 Å². The average Bonchev–Trinajstić information content (AvgIpc) is 2.90. The molecule has 1 aromatic carbocycles. The molecule has 2 amide bonds. The Labute approximate surface area is 120 Å². The summed E-state index contributed by atoms with van der Waals surface area (Å²) in [5, 5.41) is 2.66. The van der Waals surface area contributed by atoms with Crippen LogP contribution in [0.5, 0.6) is 0 Å². The van der Waals surface area contributed by atoms with E-state index in [4.69, 9.17) is 0 Å². The summed E-state index contributed by atoms with van der Waals surface area (Å²) in [5.41, 5.74) is 0.588. The number of carbonyl (C=O) groups is 2. The number of halogens is 1. The van der Waals surface area contributed by atoms with Gasteiger partial charge in [0.15, 0.2) is 0 Å². The van der Waals surface area contributed by atoms with Crippen molar-refractivity contribution in [2.45, 2.75) is 12.8 Å². The molecule has 0 bridgehead atoms. The van der Waals surface area contributed by atoms with Gasteiger partial charge in [-0.05, 0) is 59.7 Å². The normalized spacial score (nSPS) is 14.6. The molecule has 96 valence electrons. The van der Waals surface area contributed by atoms with E-state index in [2.05, 4.69) is 27.9 Å². The fourth-order valence-corrected chi connectivity index (χ4v) is 2.30. The monoisotopic (exact) mass is 358 g/mol. The highest BCUT2D eigenvalue weighted by Crippen LogP contribution is 2.08. The molecule has 1 aromatic rings. The fraction of sp³-hybridized carbons (Fsp3) is 0.385. The summed E-state index contributed by atoms with van der Waals surface area (Å²) in [6.45, 7) is 1.72. The lowest BCUT2D eigenvalue weighted by molar-refractivity contribution is -0.129. The minimum Gasteiger partial charge on any atom is -0.343 e. The van der Waals surface area contributed by atoms with Gasteiger partial charge < -0.3 is 10.2 Å². The molecule has 1 N–H and O–H groups in total. The van der Waals surface area contributed by atoms with Crippen LogP contribution in [-0.2, 0) is 4.79 Å². The van der Waals surface area contributed by atoms with Crippen molar-refractivity contribution in [3.05, 3.63) is 33.4 Å². The van der Waals surface area contributed by atoms with E-state index in [0.717, 1.165) is 29.5 Å². The van der Waals surface area contributed by atoms with Crippen molar-refractivity contribution in [2.75, 3.05) is 19.6 Å². The lowest BCUT2D eigenvalue weighted by Crippen LogP contribution is -2.38. The molecular weight excluding hydrogens is 343 g/mol. The number of nitrogens with zero attached hydrogens (tertiary/aromatic N) is 1. The van der Waals surface area contributed by atoms with Crippen molar-refractivity contribution in [3.63, 3.8) is 0 Å². The van der Waals surface area contributed by atoms with Crippen LogP contribution in [0, 0.1) is 3.57 Å². The van der Waals surface area contributed by atoms with E-state index >= 15 is 0 Å². The Morgan fingerprint density at radius 1 is 1.17 bits per heavy atom. The molecule has 0 radical (unpaired) electrons. The maximum absolute atomic E-state index is 11.8. The molecule has 0 aromatic heterocycles. The molecule has 2 rings (SSSR count). The van der Waals surface area contributed by atoms with Gasteiger partial charge in [0, 0.05) is 22.2 Å². The first-order valence-corrected chi connectivity index (χ1v) is 7.06. The molecule has 5 heteroatoms. The van der Waals surface area contributed by atoms with Crippen LogP contribution in [-0.4, -0.2) is 36.3 Å². The second-order valence-corrected chi connectivity index (χ2v) is 5.52. The predicted octanol–water partition coefficient (Wildman–Crippen LogP) is 1.64. The third-order valence-electron chi connectivity index (χ3n) is 2.97. The summed E-state index contributed by atoms with van der Waals surface area (Å²) in [7, 11) is 0. The Balaban J connectivity index is 1.84. The Bertz CT molecular complexity index is 439. The lowest BCUT2D eigenvalue weighted by Gasteiger charge is -2.15. The minimum atomic E-state index is -0.195. The zero-order valence-corrected chi connectivity index (χ0v) is 12.1. The summed E-state index contributed by atoms with van der Waals surface area (Å²) in [6, 6.07) is 7.27. The van der Waals surface area contributed by atoms with Gasteiger partial charge in [0.2, 0.25) is 5.91 Å². The van der Waals surface area contributed by atoms with E-state index in [1.807, 2.05) is 12.1 Å². The predicted molar refractivity (Wildman–Crippen MR) is 77.3 cm³/mol. The topological polar surface area (TPSA) is 49.4 Å². The smallest absolute Gasteiger partial charge is 0.251 e. The fourth-order valence-electron chi connectivity index (χ4n) is 1.94. The standard InChI is InChI=1S/C13H15IN2O2/c14-11-5-3-10(4-6-11)13(18)15-9-12(17)16-7-1-2-8-16/h3-6H,1-2,7-9H2,(H,15,18). The van der Waals surface area contributed by atoms with E-state index in [-0.39, 0.29) is 18.4 Å². The Kier molecular flexibility index (Phi) is 4.57. The van der Waals surface area contributed by atoms with Gasteiger partial charge in [0.1, 0.15) is 0 Å². The van der Waals surface area contributed by atoms with Crippen molar-refractivity contribution < 1.29 is 9.59 Å².